The van der Waals surface area contributed by atoms with E-state index in [1.54, 1.807) is 12.1 Å². The van der Waals surface area contributed by atoms with Gasteiger partial charge in [0, 0.05) is 50.4 Å². The highest BCUT2D eigenvalue weighted by Crippen LogP contribution is 2.36. The molecule has 1 amide bonds. The van der Waals surface area contributed by atoms with E-state index in [2.05, 4.69) is 16.4 Å². The summed E-state index contributed by atoms with van der Waals surface area (Å²) in [5.41, 5.74) is 5.34. The van der Waals surface area contributed by atoms with Gasteiger partial charge in [-0.2, -0.15) is 0 Å². The number of H-pyrrole nitrogens is 1. The molecule has 0 aliphatic heterocycles. The van der Waals surface area contributed by atoms with Gasteiger partial charge in [0.2, 0.25) is 0 Å². The quantitative estimate of drug-likeness (QED) is 0.394. The van der Waals surface area contributed by atoms with Crippen molar-refractivity contribution in [2.45, 2.75) is 0 Å². The van der Waals surface area contributed by atoms with Gasteiger partial charge in [-0.1, -0.05) is 47.5 Å². The number of aliphatic hydroxyl groups excluding tert-OH is 1. The van der Waals surface area contributed by atoms with Crippen LogP contribution in [0.25, 0.3) is 33.2 Å². The number of hydrogen-bond acceptors (Lipinski definition) is 2. The third-order valence-electron chi connectivity index (χ3n) is 4.76. The Morgan fingerprint density at radius 3 is 2.59 bits per heavy atom. The van der Waals surface area contributed by atoms with Gasteiger partial charge >= 0.3 is 0 Å². The maximum Gasteiger partial charge on any atom is 0.251 e. The minimum atomic E-state index is -0.211. The molecule has 0 radical (unpaired) electrons. The van der Waals surface area contributed by atoms with Crippen LogP contribution in [-0.2, 0) is 0 Å². The monoisotopic (exact) mass is 424 g/mol. The third-order valence-corrected chi connectivity index (χ3v) is 5.31. The molecule has 0 atom stereocenters. The number of amides is 1. The summed E-state index contributed by atoms with van der Waals surface area (Å²) in [4.78, 5) is 15.5. The molecule has 0 aliphatic rings. The fourth-order valence-electron chi connectivity index (χ4n) is 3.34. The number of rotatable bonds is 5. The molecule has 0 aliphatic carbocycles. The predicted molar refractivity (Wildman–Crippen MR) is 119 cm³/mol. The third kappa shape index (κ3) is 4.01. The van der Waals surface area contributed by atoms with E-state index >= 15 is 0 Å². The van der Waals surface area contributed by atoms with E-state index in [1.165, 1.54) is 0 Å². The number of halogens is 2. The first-order chi connectivity index (χ1) is 14.1. The average molecular weight is 425 g/mol. The summed E-state index contributed by atoms with van der Waals surface area (Å²) < 4.78 is 0. The van der Waals surface area contributed by atoms with Gasteiger partial charge in [-0.25, -0.2) is 0 Å². The topological polar surface area (TPSA) is 65.1 Å². The lowest BCUT2D eigenvalue weighted by Crippen LogP contribution is -2.26. The molecular formula is C23H18Cl2N2O2. The van der Waals surface area contributed by atoms with Crippen molar-refractivity contribution in [2.24, 2.45) is 0 Å². The summed E-state index contributed by atoms with van der Waals surface area (Å²) in [6.45, 7) is 0.134. The second-order valence-electron chi connectivity index (χ2n) is 6.65. The van der Waals surface area contributed by atoms with Crippen LogP contribution < -0.4 is 5.32 Å². The smallest absolute Gasteiger partial charge is 0.251 e. The number of aromatic amines is 1. The number of aliphatic hydroxyl groups is 1. The SMILES string of the molecule is O=C(NCCO)c1cccc(-c2ccc3[nH]cc(-c4ccc(Cl)cc4Cl)c3c2)c1. The van der Waals surface area contributed by atoms with Gasteiger partial charge in [0.1, 0.15) is 0 Å². The van der Waals surface area contributed by atoms with E-state index in [4.69, 9.17) is 28.3 Å². The minimum absolute atomic E-state index is 0.0916. The predicted octanol–water partition coefficient (Wildman–Crippen LogP) is 5.53. The molecule has 0 spiro atoms. The maximum absolute atomic E-state index is 12.2. The highest BCUT2D eigenvalue weighted by molar-refractivity contribution is 6.36. The molecule has 146 valence electrons. The zero-order valence-electron chi connectivity index (χ0n) is 15.4. The molecule has 0 bridgehead atoms. The van der Waals surface area contributed by atoms with E-state index in [0.29, 0.717) is 15.6 Å². The molecule has 29 heavy (non-hydrogen) atoms. The molecule has 3 N–H and O–H groups in total. The summed E-state index contributed by atoms with van der Waals surface area (Å²) in [6.07, 6.45) is 1.93. The molecule has 3 aromatic carbocycles. The van der Waals surface area contributed by atoms with Crippen LogP contribution in [0.4, 0.5) is 0 Å². The highest BCUT2D eigenvalue weighted by atomic mass is 35.5. The lowest BCUT2D eigenvalue weighted by Gasteiger charge is -2.08. The molecule has 6 heteroatoms. The molecule has 0 saturated carbocycles. The normalized spacial score (nSPS) is 11.0. The molecular weight excluding hydrogens is 407 g/mol. The van der Waals surface area contributed by atoms with Crippen molar-refractivity contribution in [3.63, 3.8) is 0 Å². The van der Waals surface area contributed by atoms with Crippen LogP contribution in [0.1, 0.15) is 10.4 Å². The van der Waals surface area contributed by atoms with Crippen molar-refractivity contribution in [3.05, 3.63) is 82.5 Å². The Labute approximate surface area is 178 Å². The van der Waals surface area contributed by atoms with Gasteiger partial charge in [0.05, 0.1) is 6.61 Å². The summed E-state index contributed by atoms with van der Waals surface area (Å²) in [5, 5.41) is 13.8. The Bertz CT molecular complexity index is 1200. The van der Waals surface area contributed by atoms with Crippen LogP contribution in [0.3, 0.4) is 0 Å². The average Bonchev–Trinajstić information content (AvgIpc) is 3.15. The van der Waals surface area contributed by atoms with E-state index in [9.17, 15) is 4.79 Å². The standard InChI is InChI=1S/C23H18Cl2N2O2/c24-17-5-6-18(21(25)12-17)20-13-27-22-7-4-15(11-19(20)22)14-2-1-3-16(10-14)23(29)26-8-9-28/h1-7,10-13,27-28H,8-9H2,(H,26,29). The van der Waals surface area contributed by atoms with Gasteiger partial charge in [0.15, 0.2) is 0 Å². The number of fused-ring (bicyclic) bond motifs is 1. The number of carbonyl (C=O) groups is 1. The van der Waals surface area contributed by atoms with Crippen molar-refractivity contribution in [2.75, 3.05) is 13.2 Å². The van der Waals surface area contributed by atoms with E-state index < -0.39 is 0 Å². The van der Waals surface area contributed by atoms with Crippen molar-refractivity contribution >= 4 is 40.0 Å². The Balaban J connectivity index is 1.76. The molecule has 4 nitrogen and oxygen atoms in total. The molecule has 4 aromatic rings. The Hall–Kier alpha value is -2.79. The van der Waals surface area contributed by atoms with Gasteiger partial charge in [-0.05, 0) is 47.5 Å². The molecule has 1 heterocycles. The van der Waals surface area contributed by atoms with Crippen molar-refractivity contribution < 1.29 is 9.90 Å². The Morgan fingerprint density at radius 2 is 1.79 bits per heavy atom. The van der Waals surface area contributed by atoms with Gasteiger partial charge in [-0.3, -0.25) is 4.79 Å². The number of carbonyl (C=O) groups excluding carboxylic acids is 1. The number of hydrogen-bond donors (Lipinski definition) is 3. The van der Waals surface area contributed by atoms with Crippen LogP contribution in [0, 0.1) is 0 Å². The summed E-state index contributed by atoms with van der Waals surface area (Å²) in [7, 11) is 0. The number of aromatic nitrogens is 1. The van der Waals surface area contributed by atoms with Crippen molar-refractivity contribution in [1.29, 1.82) is 0 Å². The first-order valence-corrected chi connectivity index (χ1v) is 9.88. The molecule has 1 aromatic heterocycles. The molecule has 0 fully saturated rings. The zero-order chi connectivity index (χ0) is 20.4. The number of benzene rings is 3. The van der Waals surface area contributed by atoms with Crippen molar-refractivity contribution in [3.8, 4) is 22.3 Å². The summed E-state index contributed by atoms with van der Waals surface area (Å²) >= 11 is 12.4. The molecule has 0 saturated heterocycles. The van der Waals surface area contributed by atoms with Gasteiger partial charge < -0.3 is 15.4 Å². The molecule has 0 unspecified atom stereocenters. The van der Waals surface area contributed by atoms with Crippen molar-refractivity contribution in [1.82, 2.24) is 10.3 Å². The highest BCUT2D eigenvalue weighted by Gasteiger charge is 2.12. The maximum atomic E-state index is 12.2. The van der Waals surface area contributed by atoms with Crippen LogP contribution in [0.15, 0.2) is 66.9 Å². The first-order valence-electron chi connectivity index (χ1n) is 9.13. The van der Waals surface area contributed by atoms with Crippen LogP contribution in [-0.4, -0.2) is 29.1 Å². The van der Waals surface area contributed by atoms with Crippen LogP contribution in [0.5, 0.6) is 0 Å². The largest absolute Gasteiger partial charge is 0.395 e. The second-order valence-corrected chi connectivity index (χ2v) is 7.49. The lowest BCUT2D eigenvalue weighted by atomic mass is 9.98. The fourth-order valence-corrected chi connectivity index (χ4v) is 3.85. The Kier molecular flexibility index (Phi) is 5.58. The minimum Gasteiger partial charge on any atom is -0.395 e. The summed E-state index contributed by atoms with van der Waals surface area (Å²) in [6, 6.07) is 19.0. The fraction of sp³-hybridized carbons (Fsp3) is 0.0870. The van der Waals surface area contributed by atoms with Crippen LogP contribution in [0.2, 0.25) is 10.0 Å². The second kappa shape index (κ2) is 8.29. The van der Waals surface area contributed by atoms with E-state index in [0.717, 1.165) is 33.2 Å². The van der Waals surface area contributed by atoms with E-state index in [1.807, 2.05) is 48.7 Å². The van der Waals surface area contributed by atoms with Crippen LogP contribution >= 0.6 is 23.2 Å². The first kappa shape index (κ1) is 19.5. The van der Waals surface area contributed by atoms with E-state index in [-0.39, 0.29) is 19.1 Å². The lowest BCUT2D eigenvalue weighted by molar-refractivity contribution is 0.0945. The van der Waals surface area contributed by atoms with Gasteiger partial charge in [-0.15, -0.1) is 0 Å². The zero-order valence-corrected chi connectivity index (χ0v) is 16.9. The number of nitrogens with one attached hydrogen (secondary N) is 2. The molecule has 4 rings (SSSR count). The Morgan fingerprint density at radius 1 is 0.966 bits per heavy atom. The summed E-state index contributed by atoms with van der Waals surface area (Å²) in [5.74, 6) is -0.211. The van der Waals surface area contributed by atoms with Gasteiger partial charge in [0.25, 0.3) is 5.91 Å².